The summed E-state index contributed by atoms with van der Waals surface area (Å²) >= 11 is 1.25. The van der Waals surface area contributed by atoms with Crippen molar-refractivity contribution in [2.24, 2.45) is 5.73 Å². The fraction of sp³-hybridized carbons (Fsp3) is 0.100. The highest BCUT2D eigenvalue weighted by molar-refractivity contribution is 7.18. The normalized spacial score (nSPS) is 10.5. The molecule has 2 aromatic rings. The van der Waals surface area contributed by atoms with Crippen molar-refractivity contribution in [1.82, 2.24) is 4.98 Å². The van der Waals surface area contributed by atoms with Gasteiger partial charge in [0.2, 0.25) is 0 Å². The molecule has 0 spiro atoms. The summed E-state index contributed by atoms with van der Waals surface area (Å²) in [6.45, 7) is 0.261. The molecule has 0 saturated heterocycles. The molecular formula is C10H10FN3S. The van der Waals surface area contributed by atoms with E-state index in [1.807, 2.05) is 0 Å². The van der Waals surface area contributed by atoms with E-state index >= 15 is 0 Å². The largest absolute Gasteiger partial charge is 0.375 e. The third kappa shape index (κ3) is 1.84. The number of anilines is 1. The molecule has 0 unspecified atom stereocenters. The molecule has 15 heavy (non-hydrogen) atoms. The number of nitrogens with two attached hydrogens (primary N) is 2. The summed E-state index contributed by atoms with van der Waals surface area (Å²) in [6.07, 6.45) is 0. The lowest BCUT2D eigenvalue weighted by atomic mass is 10.1. The smallest absolute Gasteiger partial charge is 0.180 e. The van der Waals surface area contributed by atoms with E-state index in [4.69, 9.17) is 11.5 Å². The zero-order valence-electron chi connectivity index (χ0n) is 7.90. The first-order valence-electron chi connectivity index (χ1n) is 4.42. The summed E-state index contributed by atoms with van der Waals surface area (Å²) in [5.41, 5.74) is 12.2. The van der Waals surface area contributed by atoms with Gasteiger partial charge in [0.25, 0.3) is 0 Å². The minimum atomic E-state index is -0.282. The summed E-state index contributed by atoms with van der Waals surface area (Å²) in [5.74, 6) is -0.282. The van der Waals surface area contributed by atoms with Crippen molar-refractivity contribution in [3.63, 3.8) is 0 Å². The van der Waals surface area contributed by atoms with Crippen molar-refractivity contribution in [1.29, 1.82) is 0 Å². The molecule has 0 aliphatic carbocycles. The van der Waals surface area contributed by atoms with Crippen LogP contribution in [0, 0.1) is 5.82 Å². The minimum absolute atomic E-state index is 0.261. The maximum Gasteiger partial charge on any atom is 0.180 e. The summed E-state index contributed by atoms with van der Waals surface area (Å²) in [7, 11) is 0. The lowest BCUT2D eigenvalue weighted by Crippen LogP contribution is -1.99. The fourth-order valence-corrected chi connectivity index (χ4v) is 2.25. The number of nitrogen functional groups attached to an aromatic ring is 1. The first-order chi connectivity index (χ1) is 7.22. The summed E-state index contributed by atoms with van der Waals surface area (Å²) in [5, 5.41) is 0.411. The molecule has 1 aromatic carbocycles. The maximum atomic E-state index is 13.5. The average molecular weight is 223 g/mol. The Balaban J connectivity index is 2.58. The van der Waals surface area contributed by atoms with Crippen molar-refractivity contribution >= 4 is 16.5 Å². The molecule has 2 rings (SSSR count). The molecule has 5 heteroatoms. The Labute approximate surface area is 90.6 Å². The van der Waals surface area contributed by atoms with Gasteiger partial charge in [0.1, 0.15) is 5.82 Å². The van der Waals surface area contributed by atoms with Crippen LogP contribution in [0.5, 0.6) is 0 Å². The van der Waals surface area contributed by atoms with Crippen LogP contribution in [-0.2, 0) is 6.54 Å². The van der Waals surface area contributed by atoms with Gasteiger partial charge in [-0.05, 0) is 6.07 Å². The summed E-state index contributed by atoms with van der Waals surface area (Å²) in [4.78, 5) is 4.77. The number of rotatable bonds is 2. The zero-order valence-corrected chi connectivity index (χ0v) is 8.72. The highest BCUT2D eigenvalue weighted by Crippen LogP contribution is 2.32. The second-order valence-electron chi connectivity index (χ2n) is 3.01. The van der Waals surface area contributed by atoms with Crippen LogP contribution in [0.1, 0.15) is 5.69 Å². The van der Waals surface area contributed by atoms with Crippen molar-refractivity contribution in [3.05, 3.63) is 35.8 Å². The molecule has 0 radical (unpaired) electrons. The molecule has 4 N–H and O–H groups in total. The van der Waals surface area contributed by atoms with Gasteiger partial charge in [-0.15, -0.1) is 0 Å². The highest BCUT2D eigenvalue weighted by atomic mass is 32.1. The standard InChI is InChI=1S/C10H10FN3S/c11-7-4-2-1-3-6(7)9-8(5-12)14-10(13)15-9/h1-4H,5,12H2,(H2,13,14). The Bertz CT molecular complexity index is 481. The van der Waals surface area contributed by atoms with E-state index in [-0.39, 0.29) is 12.4 Å². The molecular weight excluding hydrogens is 213 g/mol. The van der Waals surface area contributed by atoms with E-state index in [9.17, 15) is 4.39 Å². The van der Waals surface area contributed by atoms with E-state index in [1.165, 1.54) is 17.4 Å². The average Bonchev–Trinajstić information content (AvgIpc) is 2.60. The van der Waals surface area contributed by atoms with E-state index in [2.05, 4.69) is 4.98 Å². The van der Waals surface area contributed by atoms with E-state index in [0.717, 1.165) is 0 Å². The lowest BCUT2D eigenvalue weighted by molar-refractivity contribution is 0.631. The predicted octanol–water partition coefficient (Wildman–Crippen LogP) is 1.99. The number of halogens is 1. The van der Waals surface area contributed by atoms with Gasteiger partial charge >= 0.3 is 0 Å². The Kier molecular flexibility index (Phi) is 2.66. The van der Waals surface area contributed by atoms with Crippen LogP contribution in [0.4, 0.5) is 9.52 Å². The molecule has 0 bridgehead atoms. The van der Waals surface area contributed by atoms with Crippen LogP contribution in [-0.4, -0.2) is 4.98 Å². The van der Waals surface area contributed by atoms with E-state index in [1.54, 1.807) is 18.2 Å². The van der Waals surface area contributed by atoms with Crippen LogP contribution in [0.25, 0.3) is 10.4 Å². The van der Waals surface area contributed by atoms with E-state index in [0.29, 0.717) is 21.3 Å². The molecule has 1 aromatic heterocycles. The molecule has 0 aliphatic heterocycles. The lowest BCUT2D eigenvalue weighted by Gasteiger charge is -2.00. The topological polar surface area (TPSA) is 64.9 Å². The van der Waals surface area contributed by atoms with Crippen LogP contribution >= 0.6 is 11.3 Å². The third-order valence-corrected chi connectivity index (χ3v) is 2.99. The Hall–Kier alpha value is -1.46. The number of benzene rings is 1. The Morgan fingerprint density at radius 3 is 2.73 bits per heavy atom. The number of aromatic nitrogens is 1. The molecule has 3 nitrogen and oxygen atoms in total. The summed E-state index contributed by atoms with van der Waals surface area (Å²) < 4.78 is 13.5. The predicted molar refractivity (Wildman–Crippen MR) is 59.8 cm³/mol. The van der Waals surface area contributed by atoms with Crippen LogP contribution in [0.3, 0.4) is 0 Å². The highest BCUT2D eigenvalue weighted by Gasteiger charge is 2.13. The first-order valence-corrected chi connectivity index (χ1v) is 5.24. The van der Waals surface area contributed by atoms with Crippen LogP contribution in [0.2, 0.25) is 0 Å². The zero-order chi connectivity index (χ0) is 10.8. The van der Waals surface area contributed by atoms with Crippen molar-refractivity contribution in [2.75, 3.05) is 5.73 Å². The summed E-state index contributed by atoms with van der Waals surface area (Å²) in [6, 6.07) is 6.52. The Morgan fingerprint density at radius 1 is 1.33 bits per heavy atom. The van der Waals surface area contributed by atoms with E-state index < -0.39 is 0 Å². The maximum absolute atomic E-state index is 13.5. The van der Waals surface area contributed by atoms with Crippen molar-refractivity contribution in [2.45, 2.75) is 6.54 Å². The quantitative estimate of drug-likeness (QED) is 0.818. The van der Waals surface area contributed by atoms with Crippen molar-refractivity contribution in [3.8, 4) is 10.4 Å². The van der Waals surface area contributed by atoms with Crippen LogP contribution in [0.15, 0.2) is 24.3 Å². The monoisotopic (exact) mass is 223 g/mol. The van der Waals surface area contributed by atoms with Gasteiger partial charge in [-0.1, -0.05) is 29.5 Å². The molecule has 0 amide bonds. The molecule has 0 aliphatic rings. The Morgan fingerprint density at radius 2 is 2.07 bits per heavy atom. The van der Waals surface area contributed by atoms with Crippen LogP contribution < -0.4 is 11.5 Å². The number of hydrogen-bond donors (Lipinski definition) is 2. The van der Waals surface area contributed by atoms with Gasteiger partial charge in [-0.3, -0.25) is 0 Å². The van der Waals surface area contributed by atoms with Crippen molar-refractivity contribution < 1.29 is 4.39 Å². The number of hydrogen-bond acceptors (Lipinski definition) is 4. The molecule has 1 heterocycles. The molecule has 0 saturated carbocycles. The molecule has 0 fully saturated rings. The van der Waals surface area contributed by atoms with Gasteiger partial charge in [0, 0.05) is 12.1 Å². The second kappa shape index (κ2) is 3.96. The van der Waals surface area contributed by atoms with Gasteiger partial charge in [-0.25, -0.2) is 9.37 Å². The molecule has 0 atom stereocenters. The SMILES string of the molecule is NCc1nc(N)sc1-c1ccccc1F. The first kappa shape index (κ1) is 10.1. The van der Waals surface area contributed by atoms with Gasteiger partial charge < -0.3 is 11.5 Å². The third-order valence-electron chi connectivity index (χ3n) is 2.03. The second-order valence-corrected chi connectivity index (χ2v) is 4.04. The van der Waals surface area contributed by atoms with Gasteiger partial charge in [0.05, 0.1) is 10.6 Å². The van der Waals surface area contributed by atoms with Gasteiger partial charge in [-0.2, -0.15) is 0 Å². The number of nitrogens with zero attached hydrogens (tertiary/aromatic N) is 1. The number of thiazole rings is 1. The molecule has 78 valence electrons. The van der Waals surface area contributed by atoms with Gasteiger partial charge in [0.15, 0.2) is 5.13 Å². The minimum Gasteiger partial charge on any atom is -0.375 e. The fourth-order valence-electron chi connectivity index (χ4n) is 1.36.